The molecule has 3 aromatic carbocycles. The topological polar surface area (TPSA) is 58.6 Å². The first-order chi connectivity index (χ1) is 14.9. The van der Waals surface area contributed by atoms with Crippen LogP contribution in [0.3, 0.4) is 0 Å². The summed E-state index contributed by atoms with van der Waals surface area (Å²) in [7, 11) is 1.53. The van der Waals surface area contributed by atoms with Gasteiger partial charge < -0.3 is 10.1 Å². The van der Waals surface area contributed by atoms with E-state index in [1.54, 1.807) is 42.5 Å². The fourth-order valence-electron chi connectivity index (χ4n) is 3.60. The molecule has 4 rings (SSSR count). The van der Waals surface area contributed by atoms with Crippen LogP contribution >= 0.6 is 11.6 Å². The van der Waals surface area contributed by atoms with Crippen LogP contribution in [0.2, 0.25) is 5.02 Å². The van der Waals surface area contributed by atoms with Crippen molar-refractivity contribution in [1.29, 1.82) is 0 Å². The highest BCUT2D eigenvalue weighted by molar-refractivity contribution is 6.48. The fraction of sp³-hybridized carbons (Fsp3) is 0.120. The summed E-state index contributed by atoms with van der Waals surface area (Å²) < 4.78 is 5.48. The summed E-state index contributed by atoms with van der Waals surface area (Å²) >= 11 is 6.33. The number of halogens is 1. The number of methoxy groups -OCH3 is 1. The number of hydrogen-bond donors (Lipinski definition) is 1. The fourth-order valence-corrected chi connectivity index (χ4v) is 3.82. The van der Waals surface area contributed by atoms with Gasteiger partial charge in [-0.05, 0) is 49.2 Å². The molecule has 2 amide bonds. The molecule has 31 heavy (non-hydrogen) atoms. The number of nitrogens with one attached hydrogen (secondary N) is 1. The van der Waals surface area contributed by atoms with Crippen LogP contribution in [0.1, 0.15) is 16.7 Å². The first kappa shape index (κ1) is 20.7. The minimum absolute atomic E-state index is 0.183. The Kier molecular flexibility index (Phi) is 5.53. The third-order valence-corrected chi connectivity index (χ3v) is 5.53. The third-order valence-electron chi connectivity index (χ3n) is 5.21. The van der Waals surface area contributed by atoms with Crippen LogP contribution in [0, 0.1) is 13.8 Å². The maximum absolute atomic E-state index is 13.6. The number of benzene rings is 3. The van der Waals surface area contributed by atoms with Gasteiger partial charge in [-0.15, -0.1) is 0 Å². The minimum atomic E-state index is -0.472. The van der Waals surface area contributed by atoms with Gasteiger partial charge in [0.05, 0.1) is 23.4 Å². The molecule has 5 nitrogen and oxygen atoms in total. The highest BCUT2D eigenvalue weighted by Crippen LogP contribution is 2.39. The summed E-state index contributed by atoms with van der Waals surface area (Å²) in [4.78, 5) is 28.2. The van der Waals surface area contributed by atoms with Crippen LogP contribution in [0.15, 0.2) is 72.4 Å². The van der Waals surface area contributed by atoms with Crippen molar-refractivity contribution in [2.24, 2.45) is 0 Å². The Labute approximate surface area is 185 Å². The second-order valence-corrected chi connectivity index (χ2v) is 7.70. The Morgan fingerprint density at radius 2 is 1.61 bits per heavy atom. The van der Waals surface area contributed by atoms with Crippen molar-refractivity contribution in [3.8, 4) is 5.75 Å². The lowest BCUT2D eigenvalue weighted by Crippen LogP contribution is -2.32. The average molecular weight is 433 g/mol. The van der Waals surface area contributed by atoms with Gasteiger partial charge in [-0.1, -0.05) is 54.1 Å². The first-order valence-corrected chi connectivity index (χ1v) is 10.2. The van der Waals surface area contributed by atoms with E-state index in [2.05, 4.69) is 5.32 Å². The zero-order chi connectivity index (χ0) is 22.1. The second kappa shape index (κ2) is 8.28. The minimum Gasteiger partial charge on any atom is -0.496 e. The SMILES string of the molecule is COc1ccccc1C1=C(Nc2cc(C)ccc2C)C(=O)N(c2ccccc2Cl)C1=O. The van der Waals surface area contributed by atoms with Gasteiger partial charge >= 0.3 is 0 Å². The number of para-hydroxylation sites is 2. The average Bonchev–Trinajstić information content (AvgIpc) is 3.00. The molecular weight excluding hydrogens is 412 g/mol. The summed E-state index contributed by atoms with van der Waals surface area (Å²) in [5.41, 5.74) is 4.03. The van der Waals surface area contributed by atoms with Gasteiger partial charge in [-0.3, -0.25) is 9.59 Å². The Hall–Kier alpha value is -3.57. The Bertz CT molecular complexity index is 1230. The number of ether oxygens (including phenoxy) is 1. The molecule has 1 aliphatic rings. The largest absolute Gasteiger partial charge is 0.496 e. The number of aryl methyl sites for hydroxylation is 2. The zero-order valence-electron chi connectivity index (χ0n) is 17.4. The molecule has 6 heteroatoms. The van der Waals surface area contributed by atoms with Gasteiger partial charge in [-0.2, -0.15) is 0 Å². The molecule has 0 aliphatic carbocycles. The van der Waals surface area contributed by atoms with E-state index in [0.717, 1.165) is 21.7 Å². The van der Waals surface area contributed by atoms with Gasteiger partial charge in [0.2, 0.25) is 0 Å². The maximum atomic E-state index is 13.6. The normalized spacial score (nSPS) is 13.7. The van der Waals surface area contributed by atoms with E-state index in [1.807, 2.05) is 38.1 Å². The van der Waals surface area contributed by atoms with E-state index >= 15 is 0 Å². The van der Waals surface area contributed by atoms with Crippen molar-refractivity contribution in [2.75, 3.05) is 17.3 Å². The number of rotatable bonds is 5. The lowest BCUT2D eigenvalue weighted by molar-refractivity contribution is -0.120. The number of amides is 2. The molecule has 0 aromatic heterocycles. The standard InChI is InChI=1S/C25H21ClN2O3/c1-15-12-13-16(2)19(14-15)27-23-22(17-8-4-7-11-21(17)31-3)24(29)28(25(23)30)20-10-6-5-9-18(20)26/h4-14,27H,1-3H3. The number of hydrogen-bond acceptors (Lipinski definition) is 4. The summed E-state index contributed by atoms with van der Waals surface area (Å²) in [6.07, 6.45) is 0. The van der Waals surface area contributed by atoms with Crippen LogP contribution in [0.25, 0.3) is 5.57 Å². The Morgan fingerprint density at radius 1 is 0.903 bits per heavy atom. The van der Waals surface area contributed by atoms with Crippen LogP contribution in [-0.4, -0.2) is 18.9 Å². The predicted molar refractivity (Wildman–Crippen MR) is 123 cm³/mol. The number of nitrogens with zero attached hydrogens (tertiary/aromatic N) is 1. The van der Waals surface area contributed by atoms with E-state index in [9.17, 15) is 9.59 Å². The number of imide groups is 1. The van der Waals surface area contributed by atoms with E-state index in [1.165, 1.54) is 7.11 Å². The molecule has 0 unspecified atom stereocenters. The molecule has 1 heterocycles. The summed E-state index contributed by atoms with van der Waals surface area (Å²) in [5, 5.41) is 3.53. The van der Waals surface area contributed by atoms with E-state index in [4.69, 9.17) is 16.3 Å². The molecule has 1 N–H and O–H groups in total. The predicted octanol–water partition coefficient (Wildman–Crippen LogP) is 5.36. The Balaban J connectivity index is 1.91. The van der Waals surface area contributed by atoms with E-state index in [0.29, 0.717) is 22.0 Å². The van der Waals surface area contributed by atoms with Crippen molar-refractivity contribution in [3.05, 3.63) is 94.1 Å². The molecule has 0 saturated heterocycles. The summed E-state index contributed by atoms with van der Waals surface area (Å²) in [6.45, 7) is 3.91. The van der Waals surface area contributed by atoms with Crippen molar-refractivity contribution >= 4 is 40.4 Å². The van der Waals surface area contributed by atoms with Gasteiger partial charge in [0.1, 0.15) is 11.4 Å². The molecule has 1 aliphatic heterocycles. The molecule has 156 valence electrons. The maximum Gasteiger partial charge on any atom is 0.282 e. The Morgan fingerprint density at radius 3 is 2.35 bits per heavy atom. The molecule has 0 saturated carbocycles. The highest BCUT2D eigenvalue weighted by Gasteiger charge is 2.42. The monoisotopic (exact) mass is 432 g/mol. The third kappa shape index (κ3) is 3.68. The van der Waals surface area contributed by atoms with Crippen molar-refractivity contribution in [2.45, 2.75) is 13.8 Å². The first-order valence-electron chi connectivity index (χ1n) is 9.77. The second-order valence-electron chi connectivity index (χ2n) is 7.29. The number of carbonyl (C=O) groups is 2. The van der Waals surface area contributed by atoms with Crippen molar-refractivity contribution < 1.29 is 14.3 Å². The van der Waals surface area contributed by atoms with Crippen molar-refractivity contribution in [1.82, 2.24) is 0 Å². The van der Waals surface area contributed by atoms with Crippen LogP contribution < -0.4 is 15.0 Å². The smallest absolute Gasteiger partial charge is 0.282 e. The van der Waals surface area contributed by atoms with Gasteiger partial charge in [0.25, 0.3) is 11.8 Å². The zero-order valence-corrected chi connectivity index (χ0v) is 18.2. The molecular formula is C25H21ClN2O3. The number of carbonyl (C=O) groups excluding carboxylic acids is 2. The molecule has 0 spiro atoms. The van der Waals surface area contributed by atoms with Crippen molar-refractivity contribution in [3.63, 3.8) is 0 Å². The van der Waals surface area contributed by atoms with E-state index < -0.39 is 11.8 Å². The van der Waals surface area contributed by atoms with Gasteiger partial charge in [0, 0.05) is 11.3 Å². The van der Waals surface area contributed by atoms with Gasteiger partial charge in [-0.25, -0.2) is 4.90 Å². The lowest BCUT2D eigenvalue weighted by Gasteiger charge is -2.17. The molecule has 0 atom stereocenters. The van der Waals surface area contributed by atoms with Crippen LogP contribution in [0.5, 0.6) is 5.75 Å². The van der Waals surface area contributed by atoms with Crippen LogP contribution in [-0.2, 0) is 9.59 Å². The molecule has 0 radical (unpaired) electrons. The summed E-state index contributed by atoms with van der Waals surface area (Å²) in [6, 6.07) is 19.8. The number of anilines is 2. The highest BCUT2D eigenvalue weighted by atomic mass is 35.5. The molecule has 0 fully saturated rings. The van der Waals surface area contributed by atoms with Crippen LogP contribution in [0.4, 0.5) is 11.4 Å². The molecule has 3 aromatic rings. The molecule has 0 bridgehead atoms. The van der Waals surface area contributed by atoms with Gasteiger partial charge in [0.15, 0.2) is 0 Å². The lowest BCUT2D eigenvalue weighted by atomic mass is 10.0. The summed E-state index contributed by atoms with van der Waals surface area (Å²) in [5.74, 6) is -0.435. The quantitative estimate of drug-likeness (QED) is 0.551. The van der Waals surface area contributed by atoms with E-state index in [-0.39, 0.29) is 11.3 Å².